The Labute approximate surface area is 154 Å². The molecule has 3 amide bonds. The summed E-state index contributed by atoms with van der Waals surface area (Å²) in [6.07, 6.45) is 0.0176. The molecule has 9 nitrogen and oxygen atoms in total. The highest BCUT2D eigenvalue weighted by Gasteiger charge is 2.58. The van der Waals surface area contributed by atoms with E-state index in [1.165, 1.54) is 4.90 Å². The zero-order valence-corrected chi connectivity index (χ0v) is 17.1. The maximum atomic E-state index is 13.3. The van der Waals surface area contributed by atoms with Gasteiger partial charge in [0.25, 0.3) is 5.91 Å². The monoisotopic (exact) mass is 394 g/mol. The van der Waals surface area contributed by atoms with Gasteiger partial charge >= 0.3 is 13.6 Å². The maximum Gasteiger partial charge on any atom is 0.336 e. The van der Waals surface area contributed by atoms with Gasteiger partial charge in [-0.1, -0.05) is 0 Å². The summed E-state index contributed by atoms with van der Waals surface area (Å²) >= 11 is 0. The van der Waals surface area contributed by atoms with E-state index in [1.807, 2.05) is 0 Å². The smallest absolute Gasteiger partial charge is 0.336 e. The Balaban J connectivity index is 3.29. The summed E-state index contributed by atoms with van der Waals surface area (Å²) in [5.41, 5.74) is -1.33. The van der Waals surface area contributed by atoms with E-state index in [-0.39, 0.29) is 45.9 Å². The lowest BCUT2D eigenvalue weighted by Gasteiger charge is -2.40. The Morgan fingerprint density at radius 1 is 1.08 bits per heavy atom. The van der Waals surface area contributed by atoms with Crippen molar-refractivity contribution in [2.75, 3.05) is 39.5 Å². The molecule has 0 bridgehead atoms. The first-order valence-corrected chi connectivity index (χ1v) is 10.3. The van der Waals surface area contributed by atoms with Crippen LogP contribution in [0, 0.1) is 0 Å². The zero-order valence-electron chi connectivity index (χ0n) is 16.2. The average molecular weight is 394 g/mol. The van der Waals surface area contributed by atoms with Crippen molar-refractivity contribution in [3.63, 3.8) is 0 Å². The molecule has 0 radical (unpaired) electrons. The van der Waals surface area contributed by atoms with Crippen LogP contribution in [0.3, 0.4) is 0 Å². The van der Waals surface area contributed by atoms with Crippen LogP contribution in [0.4, 0.5) is 4.79 Å². The third kappa shape index (κ3) is 4.12. The molecule has 1 rings (SSSR count). The van der Waals surface area contributed by atoms with Crippen molar-refractivity contribution >= 4 is 19.5 Å². The largest absolute Gasteiger partial charge is 0.395 e. The van der Waals surface area contributed by atoms with E-state index in [0.29, 0.717) is 0 Å². The molecule has 1 aliphatic heterocycles. The molecule has 1 fully saturated rings. The fourth-order valence-corrected chi connectivity index (χ4v) is 5.38. The van der Waals surface area contributed by atoms with Gasteiger partial charge in [-0.2, -0.15) is 0 Å². The van der Waals surface area contributed by atoms with Crippen LogP contribution in [0.25, 0.3) is 0 Å². The second-order valence-electron chi connectivity index (χ2n) is 6.93. The van der Waals surface area contributed by atoms with Crippen LogP contribution in [0.2, 0.25) is 0 Å². The van der Waals surface area contributed by atoms with Gasteiger partial charge in [-0.3, -0.25) is 14.3 Å². The predicted octanol–water partition coefficient (Wildman–Crippen LogP) is 1.43. The van der Waals surface area contributed by atoms with Gasteiger partial charge in [-0.15, -0.1) is 0 Å². The van der Waals surface area contributed by atoms with Crippen molar-refractivity contribution < 1.29 is 33.4 Å². The van der Waals surface area contributed by atoms with Gasteiger partial charge < -0.3 is 24.2 Å². The van der Waals surface area contributed by atoms with E-state index in [4.69, 9.17) is 14.2 Å². The van der Waals surface area contributed by atoms with Crippen molar-refractivity contribution in [2.45, 2.75) is 51.7 Å². The molecular formula is C16H31N2O7P. The standard InChI is InChI=1S/C16H31N2O7P/c1-6-24-26(23,25-7-2)15(3,4)12-16(5)13(21)17(8-10-19)14(22)18(16)9-11-20/h19-20H,6-12H2,1-5H3. The second-order valence-corrected chi connectivity index (χ2v) is 9.66. The Morgan fingerprint density at radius 3 is 2.00 bits per heavy atom. The number of aliphatic hydroxyl groups is 2. The summed E-state index contributed by atoms with van der Waals surface area (Å²) in [7, 11) is -3.56. The summed E-state index contributed by atoms with van der Waals surface area (Å²) in [4.78, 5) is 27.7. The number of rotatable bonds is 11. The van der Waals surface area contributed by atoms with Crippen molar-refractivity contribution in [1.29, 1.82) is 0 Å². The van der Waals surface area contributed by atoms with Gasteiger partial charge in [0.2, 0.25) is 0 Å². The van der Waals surface area contributed by atoms with Crippen molar-refractivity contribution in [2.24, 2.45) is 0 Å². The van der Waals surface area contributed by atoms with Crippen LogP contribution in [0.5, 0.6) is 0 Å². The van der Waals surface area contributed by atoms with E-state index < -0.39 is 30.2 Å². The van der Waals surface area contributed by atoms with E-state index in [0.717, 1.165) is 4.90 Å². The van der Waals surface area contributed by atoms with Crippen LogP contribution in [-0.4, -0.2) is 82.2 Å². The SMILES string of the molecule is CCOP(=O)(OCC)C(C)(C)CC1(C)C(=O)N(CCO)C(=O)N1CCO. The Bertz CT molecular complexity index is 559. The molecular weight excluding hydrogens is 363 g/mol. The Kier molecular flexibility index (Phi) is 7.80. The maximum absolute atomic E-state index is 13.3. The van der Waals surface area contributed by atoms with Gasteiger partial charge in [-0.05, 0) is 41.0 Å². The molecule has 1 atom stereocenters. The van der Waals surface area contributed by atoms with Crippen molar-refractivity contribution in [3.05, 3.63) is 0 Å². The Morgan fingerprint density at radius 2 is 1.58 bits per heavy atom. The fourth-order valence-electron chi connectivity index (χ4n) is 3.43. The fraction of sp³-hybridized carbons (Fsp3) is 0.875. The van der Waals surface area contributed by atoms with Crippen LogP contribution in [0.15, 0.2) is 0 Å². The number of carbonyl (C=O) groups excluding carboxylic acids is 2. The quantitative estimate of drug-likeness (QED) is 0.402. The molecule has 1 heterocycles. The highest BCUT2D eigenvalue weighted by atomic mass is 31.2. The molecule has 0 aliphatic carbocycles. The third-order valence-corrected chi connectivity index (χ3v) is 7.36. The van der Waals surface area contributed by atoms with E-state index in [2.05, 4.69) is 0 Å². The number of amides is 3. The summed E-state index contributed by atoms with van der Waals surface area (Å²) in [5.74, 6) is -0.502. The van der Waals surface area contributed by atoms with E-state index >= 15 is 0 Å². The van der Waals surface area contributed by atoms with Crippen LogP contribution in [-0.2, 0) is 18.4 Å². The number of urea groups is 1. The number of hydrogen-bond donors (Lipinski definition) is 2. The molecule has 2 N–H and O–H groups in total. The molecule has 0 aromatic rings. The summed E-state index contributed by atoms with van der Waals surface area (Å²) in [6.45, 7) is 7.83. The van der Waals surface area contributed by atoms with Gasteiger partial charge in [0.05, 0.1) is 38.1 Å². The van der Waals surface area contributed by atoms with Gasteiger partial charge in [0.15, 0.2) is 0 Å². The zero-order chi connectivity index (χ0) is 20.2. The predicted molar refractivity (Wildman–Crippen MR) is 95.9 cm³/mol. The first kappa shape index (κ1) is 23.0. The van der Waals surface area contributed by atoms with Gasteiger partial charge in [-0.25, -0.2) is 4.79 Å². The summed E-state index contributed by atoms with van der Waals surface area (Å²) < 4.78 is 24.1. The molecule has 0 aromatic carbocycles. The number of hydrogen-bond acceptors (Lipinski definition) is 7. The van der Waals surface area contributed by atoms with Crippen molar-refractivity contribution in [3.8, 4) is 0 Å². The Hall–Kier alpha value is -0.990. The molecule has 0 aromatic heterocycles. The topological polar surface area (TPSA) is 117 Å². The third-order valence-electron chi connectivity index (χ3n) is 4.53. The van der Waals surface area contributed by atoms with Crippen LogP contribution in [0.1, 0.15) is 41.0 Å². The highest BCUT2D eigenvalue weighted by Crippen LogP contribution is 2.62. The molecule has 26 heavy (non-hydrogen) atoms. The highest BCUT2D eigenvalue weighted by molar-refractivity contribution is 7.55. The van der Waals surface area contributed by atoms with Gasteiger partial charge in [0, 0.05) is 6.54 Å². The lowest BCUT2D eigenvalue weighted by atomic mass is 9.88. The molecule has 1 saturated heterocycles. The van der Waals surface area contributed by atoms with E-state index in [9.17, 15) is 19.3 Å². The first-order chi connectivity index (χ1) is 12.0. The molecule has 0 saturated carbocycles. The van der Waals surface area contributed by atoms with Crippen LogP contribution < -0.4 is 0 Å². The number of carbonyl (C=O) groups is 2. The first-order valence-electron chi connectivity index (χ1n) is 8.79. The molecule has 1 unspecified atom stereocenters. The molecule has 0 spiro atoms. The minimum absolute atomic E-state index is 0.0176. The molecule has 1 aliphatic rings. The molecule has 10 heteroatoms. The average Bonchev–Trinajstić information content (AvgIpc) is 2.71. The number of β-amino-alcohol motifs (C(OH)–C–C–N with tert-alkyl or cyclic N) is 2. The number of nitrogens with zero attached hydrogens (tertiary/aromatic N) is 2. The summed E-state index contributed by atoms with van der Waals surface area (Å²) in [6, 6.07) is -0.584. The van der Waals surface area contributed by atoms with Gasteiger partial charge in [0.1, 0.15) is 5.54 Å². The van der Waals surface area contributed by atoms with E-state index in [1.54, 1.807) is 34.6 Å². The second kappa shape index (κ2) is 8.80. The minimum Gasteiger partial charge on any atom is -0.395 e. The van der Waals surface area contributed by atoms with Crippen LogP contribution >= 0.6 is 7.60 Å². The van der Waals surface area contributed by atoms with Crippen molar-refractivity contribution in [1.82, 2.24) is 9.80 Å². The minimum atomic E-state index is -3.56. The lowest BCUT2D eigenvalue weighted by Crippen LogP contribution is -2.52. The molecule has 152 valence electrons. The number of imide groups is 1. The summed E-state index contributed by atoms with van der Waals surface area (Å²) in [5, 5.41) is 17.4. The lowest BCUT2D eigenvalue weighted by molar-refractivity contribution is -0.133. The number of aliphatic hydroxyl groups excluding tert-OH is 2. The normalized spacial score (nSPS) is 21.8.